The molecule has 5 nitrogen and oxygen atoms in total. The smallest absolute Gasteiger partial charge is 0.340 e. The number of hydrogen-bond donors (Lipinski definition) is 1. The highest BCUT2D eigenvalue weighted by atomic mass is 16.5. The van der Waals surface area contributed by atoms with Crippen molar-refractivity contribution in [2.45, 2.75) is 20.8 Å². The molecule has 0 radical (unpaired) electrons. The molecule has 0 saturated heterocycles. The Labute approximate surface area is 147 Å². The van der Waals surface area contributed by atoms with Gasteiger partial charge in [-0.15, -0.1) is 0 Å². The third-order valence-corrected chi connectivity index (χ3v) is 3.60. The molecule has 2 rings (SSSR count). The van der Waals surface area contributed by atoms with Gasteiger partial charge in [-0.2, -0.15) is 0 Å². The minimum Gasteiger partial charge on any atom is -0.454 e. The zero-order valence-corrected chi connectivity index (χ0v) is 14.5. The van der Waals surface area contributed by atoms with Crippen LogP contribution in [0.15, 0.2) is 54.6 Å². The molecule has 0 aliphatic carbocycles. The fraction of sp³-hybridized carbons (Fsp3) is 0.250. The number of nitrogens with one attached hydrogen (secondary N) is 1. The molecule has 0 aliphatic heterocycles. The summed E-state index contributed by atoms with van der Waals surface area (Å²) in [6.07, 6.45) is 0. The Morgan fingerprint density at radius 3 is 2.16 bits per heavy atom. The molecule has 0 spiro atoms. The Hall–Kier alpha value is -2.95. The summed E-state index contributed by atoms with van der Waals surface area (Å²) in [7, 11) is 0. The van der Waals surface area contributed by atoms with Gasteiger partial charge in [0.15, 0.2) is 12.4 Å². The number of ketones is 1. The molecule has 2 aromatic carbocycles. The molecule has 0 fully saturated rings. The van der Waals surface area contributed by atoms with Crippen LogP contribution in [0.2, 0.25) is 0 Å². The molecule has 0 unspecified atom stereocenters. The molecular weight excluding hydrogens is 318 g/mol. The first-order chi connectivity index (χ1) is 11.8. The molecule has 2 aromatic rings. The molecule has 0 saturated carbocycles. The van der Waals surface area contributed by atoms with Crippen LogP contribution in [0.3, 0.4) is 0 Å². The molecule has 5 heteroatoms. The lowest BCUT2D eigenvalue weighted by molar-refractivity contribution is -0.129. The van der Waals surface area contributed by atoms with Crippen LogP contribution in [0.5, 0.6) is 0 Å². The maximum atomic E-state index is 12.3. The molecule has 0 bridgehead atoms. The Balaban J connectivity index is 2.11. The SMILES string of the molecule is CC(C)(C)C(=O)COC(=O)c1ccccc1NC(=O)c1ccccc1. The van der Waals surface area contributed by atoms with Crippen LogP contribution < -0.4 is 5.32 Å². The molecule has 0 aromatic heterocycles. The van der Waals surface area contributed by atoms with E-state index in [0.29, 0.717) is 11.3 Å². The summed E-state index contributed by atoms with van der Waals surface area (Å²) in [6.45, 7) is 4.98. The molecular formula is C20H21NO4. The highest BCUT2D eigenvalue weighted by Gasteiger charge is 2.23. The maximum absolute atomic E-state index is 12.3. The number of rotatable bonds is 5. The Bertz CT molecular complexity index is 776. The van der Waals surface area contributed by atoms with Gasteiger partial charge in [0.05, 0.1) is 11.3 Å². The van der Waals surface area contributed by atoms with Crippen LogP contribution in [-0.4, -0.2) is 24.3 Å². The van der Waals surface area contributed by atoms with Crippen molar-refractivity contribution in [3.8, 4) is 0 Å². The second-order valence-electron chi connectivity index (χ2n) is 6.62. The lowest BCUT2D eigenvalue weighted by atomic mass is 9.91. The first kappa shape index (κ1) is 18.4. The molecule has 1 amide bonds. The van der Waals surface area contributed by atoms with Gasteiger partial charge in [0.25, 0.3) is 5.91 Å². The number of carbonyl (C=O) groups excluding carboxylic acids is 3. The van der Waals surface area contributed by atoms with Gasteiger partial charge in [-0.3, -0.25) is 9.59 Å². The molecule has 0 atom stereocenters. The van der Waals surface area contributed by atoms with E-state index in [1.165, 1.54) is 0 Å². The number of carbonyl (C=O) groups is 3. The number of hydrogen-bond acceptors (Lipinski definition) is 4. The maximum Gasteiger partial charge on any atom is 0.340 e. The predicted octanol–water partition coefficient (Wildman–Crippen LogP) is 3.71. The number of anilines is 1. The van der Waals surface area contributed by atoms with Crippen molar-refractivity contribution < 1.29 is 19.1 Å². The zero-order chi connectivity index (χ0) is 18.4. The average molecular weight is 339 g/mol. The van der Waals surface area contributed by atoms with Crippen molar-refractivity contribution in [3.05, 3.63) is 65.7 Å². The van der Waals surface area contributed by atoms with E-state index in [-0.39, 0.29) is 23.9 Å². The molecule has 0 aliphatic rings. The largest absolute Gasteiger partial charge is 0.454 e. The average Bonchev–Trinajstić information content (AvgIpc) is 2.59. The van der Waals surface area contributed by atoms with Crippen LogP contribution >= 0.6 is 0 Å². The standard InChI is InChI=1S/C20H21NO4/c1-20(2,3)17(22)13-25-19(24)15-11-7-8-12-16(15)21-18(23)14-9-5-4-6-10-14/h4-12H,13H2,1-3H3,(H,21,23). The highest BCUT2D eigenvalue weighted by molar-refractivity contribution is 6.08. The van der Waals surface area contributed by atoms with Crippen molar-refractivity contribution in [1.82, 2.24) is 0 Å². The van der Waals surface area contributed by atoms with E-state index in [0.717, 1.165) is 0 Å². The van der Waals surface area contributed by atoms with Gasteiger partial charge >= 0.3 is 5.97 Å². The van der Waals surface area contributed by atoms with E-state index in [1.807, 2.05) is 6.07 Å². The molecule has 130 valence electrons. The fourth-order valence-corrected chi connectivity index (χ4v) is 1.98. The summed E-state index contributed by atoms with van der Waals surface area (Å²) in [5.74, 6) is -1.15. The van der Waals surface area contributed by atoms with Crippen LogP contribution in [0.1, 0.15) is 41.5 Å². The first-order valence-corrected chi connectivity index (χ1v) is 7.95. The quantitative estimate of drug-likeness (QED) is 0.843. The fourth-order valence-electron chi connectivity index (χ4n) is 1.98. The van der Waals surface area contributed by atoms with E-state index in [9.17, 15) is 14.4 Å². The van der Waals surface area contributed by atoms with E-state index in [2.05, 4.69) is 5.32 Å². The third kappa shape index (κ3) is 5.01. The van der Waals surface area contributed by atoms with Gasteiger partial charge in [0.2, 0.25) is 0 Å². The van der Waals surface area contributed by atoms with Crippen LogP contribution in [0.4, 0.5) is 5.69 Å². The topological polar surface area (TPSA) is 72.5 Å². The van der Waals surface area contributed by atoms with Gasteiger partial charge in [-0.1, -0.05) is 51.1 Å². The van der Waals surface area contributed by atoms with Gasteiger partial charge in [0.1, 0.15) is 0 Å². The second-order valence-corrected chi connectivity index (χ2v) is 6.62. The number of amides is 1. The summed E-state index contributed by atoms with van der Waals surface area (Å²) in [4.78, 5) is 36.5. The minimum atomic E-state index is -0.651. The van der Waals surface area contributed by atoms with Gasteiger partial charge in [-0.05, 0) is 24.3 Å². The molecule has 25 heavy (non-hydrogen) atoms. The summed E-state index contributed by atoms with van der Waals surface area (Å²) >= 11 is 0. The number of Topliss-reactive ketones (excluding diaryl/α,β-unsaturated/α-hetero) is 1. The monoisotopic (exact) mass is 339 g/mol. The van der Waals surface area contributed by atoms with Crippen LogP contribution in [0, 0.1) is 5.41 Å². The first-order valence-electron chi connectivity index (χ1n) is 7.95. The summed E-state index contributed by atoms with van der Waals surface area (Å²) in [5.41, 5.74) is 0.438. The van der Waals surface area contributed by atoms with Gasteiger partial charge in [0, 0.05) is 11.0 Å². The number of ether oxygens (including phenoxy) is 1. The Kier molecular flexibility index (Phi) is 5.70. The van der Waals surface area contributed by atoms with E-state index in [4.69, 9.17) is 4.74 Å². The summed E-state index contributed by atoms with van der Waals surface area (Å²) in [6, 6.07) is 15.2. The normalized spacial score (nSPS) is 10.8. The molecule has 0 heterocycles. The number of para-hydroxylation sites is 1. The zero-order valence-electron chi connectivity index (χ0n) is 14.5. The summed E-state index contributed by atoms with van der Waals surface area (Å²) in [5, 5.41) is 2.70. The Morgan fingerprint density at radius 2 is 1.52 bits per heavy atom. The van der Waals surface area contributed by atoms with Crippen LogP contribution in [-0.2, 0) is 9.53 Å². The van der Waals surface area contributed by atoms with E-state index in [1.54, 1.807) is 69.3 Å². The van der Waals surface area contributed by atoms with Gasteiger partial charge in [-0.25, -0.2) is 4.79 Å². The van der Waals surface area contributed by atoms with E-state index >= 15 is 0 Å². The lowest BCUT2D eigenvalue weighted by Crippen LogP contribution is -2.26. The molecule has 1 N–H and O–H groups in total. The van der Waals surface area contributed by atoms with Crippen molar-refractivity contribution in [2.75, 3.05) is 11.9 Å². The van der Waals surface area contributed by atoms with E-state index < -0.39 is 11.4 Å². The number of benzene rings is 2. The van der Waals surface area contributed by atoms with Crippen molar-refractivity contribution in [3.63, 3.8) is 0 Å². The van der Waals surface area contributed by atoms with Crippen molar-refractivity contribution >= 4 is 23.3 Å². The summed E-state index contributed by atoms with van der Waals surface area (Å²) < 4.78 is 5.10. The highest BCUT2D eigenvalue weighted by Crippen LogP contribution is 2.19. The number of esters is 1. The van der Waals surface area contributed by atoms with Gasteiger partial charge < -0.3 is 10.1 Å². The predicted molar refractivity (Wildman–Crippen MR) is 95.6 cm³/mol. The second kappa shape index (κ2) is 7.75. The Morgan fingerprint density at radius 1 is 0.920 bits per heavy atom. The van der Waals surface area contributed by atoms with Crippen molar-refractivity contribution in [2.24, 2.45) is 5.41 Å². The van der Waals surface area contributed by atoms with Crippen LogP contribution in [0.25, 0.3) is 0 Å². The third-order valence-electron chi connectivity index (χ3n) is 3.60. The lowest BCUT2D eigenvalue weighted by Gasteiger charge is -2.16. The van der Waals surface area contributed by atoms with Crippen molar-refractivity contribution in [1.29, 1.82) is 0 Å². The minimum absolute atomic E-state index is 0.174.